The molecule has 1 N–H and O–H groups in total. The second-order valence-electron chi connectivity index (χ2n) is 4.25. The third-order valence-corrected chi connectivity index (χ3v) is 3.11. The standard InChI is InChI=1S/C10H20O2/c1-8(2)10-6-4-3-5-9(10)7-12-11/h8-11H,3-7H2,1-2H3. The Bertz CT molecular complexity index is 121. The molecule has 1 rings (SSSR count). The topological polar surface area (TPSA) is 29.5 Å². The molecule has 0 aliphatic heterocycles. The van der Waals surface area contributed by atoms with Crippen molar-refractivity contribution >= 4 is 0 Å². The Kier molecular flexibility index (Phi) is 4.02. The Morgan fingerprint density at radius 2 is 2.00 bits per heavy atom. The zero-order valence-electron chi connectivity index (χ0n) is 8.12. The number of hydrogen-bond acceptors (Lipinski definition) is 2. The molecule has 12 heavy (non-hydrogen) atoms. The van der Waals surface area contributed by atoms with Crippen LogP contribution in [0.25, 0.3) is 0 Å². The largest absolute Gasteiger partial charge is 0.252 e. The van der Waals surface area contributed by atoms with Gasteiger partial charge in [-0.05, 0) is 30.6 Å². The van der Waals surface area contributed by atoms with Crippen LogP contribution in [0.2, 0.25) is 0 Å². The van der Waals surface area contributed by atoms with Crippen molar-refractivity contribution in [3.63, 3.8) is 0 Å². The van der Waals surface area contributed by atoms with Gasteiger partial charge in [0.15, 0.2) is 0 Å². The van der Waals surface area contributed by atoms with Crippen molar-refractivity contribution in [3.8, 4) is 0 Å². The molecule has 2 unspecified atom stereocenters. The summed E-state index contributed by atoms with van der Waals surface area (Å²) in [6.45, 7) is 5.06. The SMILES string of the molecule is CC(C)C1CCCCC1COO. The fourth-order valence-electron chi connectivity index (χ4n) is 2.42. The first kappa shape index (κ1) is 10.0. The highest BCUT2D eigenvalue weighted by Crippen LogP contribution is 2.34. The first-order valence-corrected chi connectivity index (χ1v) is 5.02. The summed E-state index contributed by atoms with van der Waals surface area (Å²) in [5.74, 6) is 2.07. The van der Waals surface area contributed by atoms with Crippen LogP contribution in [0.4, 0.5) is 0 Å². The second kappa shape index (κ2) is 4.83. The molecule has 1 fully saturated rings. The molecule has 0 heterocycles. The zero-order valence-corrected chi connectivity index (χ0v) is 8.12. The van der Waals surface area contributed by atoms with E-state index >= 15 is 0 Å². The first-order chi connectivity index (χ1) is 5.75. The van der Waals surface area contributed by atoms with Gasteiger partial charge >= 0.3 is 0 Å². The van der Waals surface area contributed by atoms with Crippen molar-refractivity contribution in [3.05, 3.63) is 0 Å². The van der Waals surface area contributed by atoms with Crippen LogP contribution in [0.5, 0.6) is 0 Å². The molecule has 0 saturated heterocycles. The summed E-state index contributed by atoms with van der Waals surface area (Å²) in [7, 11) is 0. The van der Waals surface area contributed by atoms with Crippen molar-refractivity contribution in [1.82, 2.24) is 0 Å². The van der Waals surface area contributed by atoms with Gasteiger partial charge in [0, 0.05) is 0 Å². The summed E-state index contributed by atoms with van der Waals surface area (Å²) in [6, 6.07) is 0. The van der Waals surface area contributed by atoms with E-state index in [0.29, 0.717) is 12.5 Å². The van der Waals surface area contributed by atoms with Gasteiger partial charge in [-0.1, -0.05) is 26.7 Å². The maximum Gasteiger partial charge on any atom is 0.0850 e. The molecule has 0 spiro atoms. The molecule has 0 amide bonds. The first-order valence-electron chi connectivity index (χ1n) is 5.02. The molecule has 2 heteroatoms. The average Bonchev–Trinajstić information content (AvgIpc) is 2.05. The van der Waals surface area contributed by atoms with E-state index in [-0.39, 0.29) is 0 Å². The number of rotatable bonds is 3. The van der Waals surface area contributed by atoms with E-state index < -0.39 is 0 Å². The smallest absolute Gasteiger partial charge is 0.0850 e. The van der Waals surface area contributed by atoms with E-state index in [2.05, 4.69) is 18.7 Å². The summed E-state index contributed by atoms with van der Waals surface area (Å²) < 4.78 is 0. The minimum absolute atomic E-state index is 0.531. The van der Waals surface area contributed by atoms with Gasteiger partial charge in [0.2, 0.25) is 0 Å². The fraction of sp³-hybridized carbons (Fsp3) is 1.00. The van der Waals surface area contributed by atoms with E-state index in [1.807, 2.05) is 0 Å². The van der Waals surface area contributed by atoms with Gasteiger partial charge in [-0.3, -0.25) is 5.26 Å². The van der Waals surface area contributed by atoms with Crippen LogP contribution in [-0.2, 0) is 4.89 Å². The molecule has 1 aliphatic rings. The molecule has 1 aliphatic carbocycles. The van der Waals surface area contributed by atoms with E-state index in [9.17, 15) is 0 Å². The Balaban J connectivity index is 2.42. The quantitative estimate of drug-likeness (QED) is 0.524. The predicted octanol–water partition coefficient (Wildman–Crippen LogP) is 2.94. The molecule has 0 aromatic carbocycles. The maximum atomic E-state index is 8.42. The molecule has 0 aromatic rings. The zero-order chi connectivity index (χ0) is 8.97. The average molecular weight is 172 g/mol. The van der Waals surface area contributed by atoms with Crippen molar-refractivity contribution in [2.45, 2.75) is 39.5 Å². The molecule has 2 atom stereocenters. The normalized spacial score (nSPS) is 31.0. The molecule has 1 saturated carbocycles. The number of hydrogen-bond donors (Lipinski definition) is 1. The summed E-state index contributed by atoms with van der Waals surface area (Å²) in [5.41, 5.74) is 0. The van der Waals surface area contributed by atoms with Gasteiger partial charge in [0.1, 0.15) is 0 Å². The van der Waals surface area contributed by atoms with Crippen LogP contribution in [0.3, 0.4) is 0 Å². The lowest BCUT2D eigenvalue weighted by atomic mass is 9.74. The molecule has 0 aromatic heterocycles. The van der Waals surface area contributed by atoms with E-state index in [0.717, 1.165) is 11.8 Å². The van der Waals surface area contributed by atoms with Gasteiger partial charge < -0.3 is 0 Å². The third kappa shape index (κ3) is 2.46. The second-order valence-corrected chi connectivity index (χ2v) is 4.25. The molecule has 72 valence electrons. The van der Waals surface area contributed by atoms with Crippen LogP contribution >= 0.6 is 0 Å². The highest BCUT2D eigenvalue weighted by atomic mass is 17.1. The fourth-order valence-corrected chi connectivity index (χ4v) is 2.42. The monoisotopic (exact) mass is 172 g/mol. The lowest BCUT2D eigenvalue weighted by Gasteiger charge is -2.33. The lowest BCUT2D eigenvalue weighted by Crippen LogP contribution is -2.27. The van der Waals surface area contributed by atoms with Crippen LogP contribution in [0, 0.1) is 17.8 Å². The van der Waals surface area contributed by atoms with E-state index in [4.69, 9.17) is 5.26 Å². The minimum atomic E-state index is 0.531. The summed E-state index contributed by atoms with van der Waals surface area (Å²) >= 11 is 0. The van der Waals surface area contributed by atoms with Crippen molar-refractivity contribution in [2.24, 2.45) is 17.8 Å². The van der Waals surface area contributed by atoms with Crippen LogP contribution in [0.1, 0.15) is 39.5 Å². The molecule has 0 bridgehead atoms. The van der Waals surface area contributed by atoms with Crippen molar-refractivity contribution in [2.75, 3.05) is 6.61 Å². The van der Waals surface area contributed by atoms with Crippen LogP contribution in [-0.4, -0.2) is 11.9 Å². The van der Waals surface area contributed by atoms with Crippen LogP contribution < -0.4 is 0 Å². The Morgan fingerprint density at radius 1 is 1.33 bits per heavy atom. The summed E-state index contributed by atoms with van der Waals surface area (Å²) in [5, 5.41) is 8.42. The van der Waals surface area contributed by atoms with E-state index in [1.165, 1.54) is 25.7 Å². The van der Waals surface area contributed by atoms with Crippen molar-refractivity contribution < 1.29 is 10.1 Å². The Labute approximate surface area is 74.9 Å². The molecule has 0 radical (unpaired) electrons. The van der Waals surface area contributed by atoms with E-state index in [1.54, 1.807) is 0 Å². The van der Waals surface area contributed by atoms with Gasteiger partial charge in [-0.2, -0.15) is 0 Å². The molecule has 2 nitrogen and oxygen atoms in total. The molecular formula is C10H20O2. The van der Waals surface area contributed by atoms with Gasteiger partial charge in [0.25, 0.3) is 0 Å². The highest BCUT2D eigenvalue weighted by Gasteiger charge is 2.27. The Hall–Kier alpha value is -0.0800. The summed E-state index contributed by atoms with van der Waals surface area (Å²) in [6.07, 6.45) is 5.19. The van der Waals surface area contributed by atoms with Gasteiger partial charge in [-0.15, -0.1) is 0 Å². The van der Waals surface area contributed by atoms with Gasteiger partial charge in [0.05, 0.1) is 6.61 Å². The van der Waals surface area contributed by atoms with Crippen molar-refractivity contribution in [1.29, 1.82) is 0 Å². The third-order valence-electron chi connectivity index (χ3n) is 3.11. The Morgan fingerprint density at radius 3 is 2.58 bits per heavy atom. The summed E-state index contributed by atoms with van der Waals surface area (Å²) in [4.78, 5) is 4.26. The van der Waals surface area contributed by atoms with Gasteiger partial charge in [-0.25, -0.2) is 4.89 Å². The maximum absolute atomic E-state index is 8.42. The highest BCUT2D eigenvalue weighted by molar-refractivity contribution is 4.76. The van der Waals surface area contributed by atoms with Crippen LogP contribution in [0.15, 0.2) is 0 Å². The predicted molar refractivity (Wildman–Crippen MR) is 48.9 cm³/mol. The lowest BCUT2D eigenvalue weighted by molar-refractivity contribution is -0.256. The molecular weight excluding hydrogens is 152 g/mol. The minimum Gasteiger partial charge on any atom is -0.252 e.